The van der Waals surface area contributed by atoms with Crippen molar-refractivity contribution < 1.29 is 0 Å². The van der Waals surface area contributed by atoms with Gasteiger partial charge in [-0.05, 0) is 30.3 Å². The molecule has 0 amide bonds. The summed E-state index contributed by atoms with van der Waals surface area (Å²) in [6, 6.07) is 34.4. The molecule has 38 heavy (non-hydrogen) atoms. The summed E-state index contributed by atoms with van der Waals surface area (Å²) < 4.78 is 3.85. The fourth-order valence-electron chi connectivity index (χ4n) is 4.66. The summed E-state index contributed by atoms with van der Waals surface area (Å²) >= 11 is 0. The number of hydrogen-bond acceptors (Lipinski definition) is 6. The molecule has 7 aromatic rings. The van der Waals surface area contributed by atoms with Crippen molar-refractivity contribution >= 4 is 33.3 Å². The number of para-hydroxylation sites is 1. The summed E-state index contributed by atoms with van der Waals surface area (Å²) in [5.41, 5.74) is 6.53. The van der Waals surface area contributed by atoms with E-state index in [0.29, 0.717) is 12.4 Å². The van der Waals surface area contributed by atoms with E-state index < -0.39 is 0 Å². The first-order valence-electron chi connectivity index (χ1n) is 12.3. The zero-order chi connectivity index (χ0) is 25.3. The Hall–Kier alpha value is -5.37. The Morgan fingerprint density at radius 3 is 2.32 bits per heavy atom. The maximum absolute atomic E-state index is 4.63. The van der Waals surface area contributed by atoms with Gasteiger partial charge in [-0.1, -0.05) is 78.0 Å². The minimum absolute atomic E-state index is 0.577. The maximum Gasteiger partial charge on any atom is 0.161 e. The third kappa shape index (κ3) is 4.04. The molecule has 182 valence electrons. The van der Waals surface area contributed by atoms with Crippen LogP contribution in [-0.4, -0.2) is 34.7 Å². The predicted molar refractivity (Wildman–Crippen MR) is 148 cm³/mol. The van der Waals surface area contributed by atoms with Gasteiger partial charge in [-0.2, -0.15) is 0 Å². The van der Waals surface area contributed by atoms with Gasteiger partial charge in [-0.3, -0.25) is 0 Å². The van der Waals surface area contributed by atoms with Crippen LogP contribution in [0.5, 0.6) is 0 Å². The van der Waals surface area contributed by atoms with E-state index in [1.807, 2.05) is 85.3 Å². The molecule has 0 atom stereocenters. The molecule has 0 unspecified atom stereocenters. The highest BCUT2D eigenvalue weighted by Gasteiger charge is 2.12. The van der Waals surface area contributed by atoms with Crippen LogP contribution in [0.2, 0.25) is 0 Å². The van der Waals surface area contributed by atoms with Crippen molar-refractivity contribution in [1.82, 2.24) is 34.7 Å². The normalized spacial score (nSPS) is 11.3. The van der Waals surface area contributed by atoms with Crippen molar-refractivity contribution in [1.29, 1.82) is 0 Å². The highest BCUT2D eigenvalue weighted by Crippen LogP contribution is 2.31. The van der Waals surface area contributed by atoms with Gasteiger partial charge in [-0.25, -0.2) is 9.67 Å². The fourth-order valence-corrected chi connectivity index (χ4v) is 4.66. The molecule has 0 bridgehead atoms. The first-order chi connectivity index (χ1) is 18.8. The average Bonchev–Trinajstić information content (AvgIpc) is 3.61. The maximum atomic E-state index is 4.63. The molecular formula is C30H22N8. The number of nitrogens with one attached hydrogen (secondary N) is 1. The molecule has 7 rings (SSSR count). The molecule has 0 fully saturated rings. The van der Waals surface area contributed by atoms with E-state index in [1.54, 1.807) is 4.68 Å². The number of nitrogens with zero attached hydrogens (tertiary/aromatic N) is 7. The lowest BCUT2D eigenvalue weighted by atomic mass is 10.0. The molecule has 0 spiro atoms. The van der Waals surface area contributed by atoms with Crippen LogP contribution in [0.4, 0.5) is 11.5 Å². The average molecular weight is 495 g/mol. The number of imidazole rings is 1. The molecule has 0 saturated heterocycles. The standard InChI is InChI=1S/C30H22N8/c1-3-9-21(10-4-1)29-25-13-7-8-14-26(25)30(35-34-29)32-22-15-16-28-27(17-22)31-20-37(28)18-23-19-38(36-33-23)24-11-5-2-6-12-24/h1-17,19-20H,18H2,(H,32,35). The molecule has 0 aliphatic carbocycles. The predicted octanol–water partition coefficient (Wildman–Crippen LogP) is 6.02. The lowest BCUT2D eigenvalue weighted by molar-refractivity contribution is 0.770. The van der Waals surface area contributed by atoms with Gasteiger partial charge in [0.1, 0.15) is 11.4 Å². The molecule has 4 aromatic carbocycles. The van der Waals surface area contributed by atoms with Crippen LogP contribution in [0.3, 0.4) is 0 Å². The Balaban J connectivity index is 1.16. The number of aromatic nitrogens is 7. The van der Waals surface area contributed by atoms with Gasteiger partial charge in [0.15, 0.2) is 5.82 Å². The second-order valence-electron chi connectivity index (χ2n) is 9.00. The number of hydrogen-bond donors (Lipinski definition) is 1. The van der Waals surface area contributed by atoms with Crippen LogP contribution in [0.1, 0.15) is 5.69 Å². The SMILES string of the molecule is c1ccc(-c2nnc(Nc3ccc4c(c3)ncn4Cc3cn(-c4ccccc4)nn3)c3ccccc23)cc1. The molecule has 0 saturated carbocycles. The summed E-state index contributed by atoms with van der Waals surface area (Å²) in [4.78, 5) is 4.63. The number of benzene rings is 4. The Labute approximate surface area is 218 Å². The topological polar surface area (TPSA) is 86.3 Å². The quantitative estimate of drug-likeness (QED) is 0.304. The first-order valence-corrected chi connectivity index (χ1v) is 12.3. The Morgan fingerprint density at radius 1 is 0.711 bits per heavy atom. The minimum Gasteiger partial charge on any atom is -0.338 e. The van der Waals surface area contributed by atoms with Crippen LogP contribution in [-0.2, 0) is 6.54 Å². The van der Waals surface area contributed by atoms with Gasteiger partial charge in [0.25, 0.3) is 0 Å². The molecule has 0 aliphatic rings. The van der Waals surface area contributed by atoms with E-state index in [1.165, 1.54) is 0 Å². The highest BCUT2D eigenvalue weighted by molar-refractivity contribution is 6.01. The van der Waals surface area contributed by atoms with Crippen LogP contribution in [0, 0.1) is 0 Å². The van der Waals surface area contributed by atoms with Gasteiger partial charge in [-0.15, -0.1) is 15.3 Å². The summed E-state index contributed by atoms with van der Waals surface area (Å²) in [7, 11) is 0. The second kappa shape index (κ2) is 9.25. The van der Waals surface area contributed by atoms with Crippen molar-refractivity contribution in [2.45, 2.75) is 6.54 Å². The molecule has 0 radical (unpaired) electrons. The van der Waals surface area contributed by atoms with Crippen molar-refractivity contribution in [3.05, 3.63) is 121 Å². The third-order valence-electron chi connectivity index (χ3n) is 6.51. The third-order valence-corrected chi connectivity index (χ3v) is 6.51. The summed E-state index contributed by atoms with van der Waals surface area (Å²) in [5, 5.41) is 23.2. The summed E-state index contributed by atoms with van der Waals surface area (Å²) in [6.45, 7) is 0.577. The largest absolute Gasteiger partial charge is 0.338 e. The van der Waals surface area contributed by atoms with Gasteiger partial charge in [0.2, 0.25) is 0 Å². The molecule has 0 aliphatic heterocycles. The van der Waals surface area contributed by atoms with Crippen molar-refractivity contribution in [2.75, 3.05) is 5.32 Å². The Kier molecular flexibility index (Phi) is 5.33. The molecule has 8 nitrogen and oxygen atoms in total. The molecule has 8 heteroatoms. The van der Waals surface area contributed by atoms with Crippen molar-refractivity contribution in [3.63, 3.8) is 0 Å². The molecule has 3 heterocycles. The van der Waals surface area contributed by atoms with E-state index in [2.05, 4.69) is 65.7 Å². The molecular weight excluding hydrogens is 472 g/mol. The number of fused-ring (bicyclic) bond motifs is 2. The van der Waals surface area contributed by atoms with Crippen LogP contribution < -0.4 is 5.32 Å². The second-order valence-corrected chi connectivity index (χ2v) is 9.00. The van der Waals surface area contributed by atoms with Gasteiger partial charge in [0, 0.05) is 22.0 Å². The molecule has 3 aromatic heterocycles. The smallest absolute Gasteiger partial charge is 0.161 e. The zero-order valence-corrected chi connectivity index (χ0v) is 20.3. The van der Waals surface area contributed by atoms with Crippen LogP contribution in [0.25, 0.3) is 38.8 Å². The van der Waals surface area contributed by atoms with E-state index in [-0.39, 0.29) is 0 Å². The van der Waals surface area contributed by atoms with Crippen LogP contribution in [0.15, 0.2) is 116 Å². The minimum atomic E-state index is 0.577. The van der Waals surface area contributed by atoms with E-state index >= 15 is 0 Å². The van der Waals surface area contributed by atoms with Crippen molar-refractivity contribution in [2.24, 2.45) is 0 Å². The van der Waals surface area contributed by atoms with Gasteiger partial charge in [0.05, 0.1) is 35.8 Å². The Morgan fingerprint density at radius 2 is 1.47 bits per heavy atom. The van der Waals surface area contributed by atoms with E-state index in [4.69, 9.17) is 0 Å². The lowest BCUT2D eigenvalue weighted by Gasteiger charge is -2.11. The number of rotatable bonds is 6. The highest BCUT2D eigenvalue weighted by atomic mass is 15.4. The van der Waals surface area contributed by atoms with E-state index in [9.17, 15) is 0 Å². The van der Waals surface area contributed by atoms with Crippen LogP contribution >= 0.6 is 0 Å². The van der Waals surface area contributed by atoms with Gasteiger partial charge < -0.3 is 9.88 Å². The molecule has 1 N–H and O–H groups in total. The summed E-state index contributed by atoms with van der Waals surface area (Å²) in [5.74, 6) is 0.705. The monoisotopic (exact) mass is 494 g/mol. The zero-order valence-electron chi connectivity index (χ0n) is 20.3. The number of anilines is 2. The lowest BCUT2D eigenvalue weighted by Crippen LogP contribution is -2.00. The van der Waals surface area contributed by atoms with E-state index in [0.717, 1.165) is 50.1 Å². The van der Waals surface area contributed by atoms with Crippen molar-refractivity contribution in [3.8, 4) is 16.9 Å². The Bertz CT molecular complexity index is 1870. The first kappa shape index (κ1) is 21.9. The summed E-state index contributed by atoms with van der Waals surface area (Å²) in [6.07, 6.45) is 3.78. The van der Waals surface area contributed by atoms with Gasteiger partial charge >= 0.3 is 0 Å². The fraction of sp³-hybridized carbons (Fsp3) is 0.0333.